The normalized spacial score (nSPS) is 17.4. The van der Waals surface area contributed by atoms with Crippen LogP contribution in [0.5, 0.6) is 0 Å². The van der Waals surface area contributed by atoms with Gasteiger partial charge in [-0.1, -0.05) is 12.5 Å². The van der Waals surface area contributed by atoms with Gasteiger partial charge in [-0.15, -0.1) is 0 Å². The molecule has 2 aliphatic rings. The molecule has 0 aromatic heterocycles. The summed E-state index contributed by atoms with van der Waals surface area (Å²) in [6.07, 6.45) is 2.62. The molecule has 0 radical (unpaired) electrons. The number of nitro groups is 1. The number of carbonyl (C=O) groups is 1. The molecule has 0 spiro atoms. The molecule has 0 aliphatic carbocycles. The average molecular weight is 489 g/mol. The van der Waals surface area contributed by atoms with E-state index in [1.807, 2.05) is 4.90 Å². The summed E-state index contributed by atoms with van der Waals surface area (Å²) in [5.41, 5.74) is 1.43. The van der Waals surface area contributed by atoms with Gasteiger partial charge in [0.05, 0.1) is 28.6 Å². The van der Waals surface area contributed by atoms with Gasteiger partial charge in [0.1, 0.15) is 0 Å². The quantitative estimate of drug-likeness (QED) is 0.489. The predicted molar refractivity (Wildman–Crippen MR) is 128 cm³/mol. The Morgan fingerprint density at radius 3 is 2.41 bits per heavy atom. The van der Waals surface area contributed by atoms with Crippen LogP contribution in [0.1, 0.15) is 35.2 Å². The molecular formula is C23H28N4O6S. The van der Waals surface area contributed by atoms with E-state index in [2.05, 4.69) is 5.32 Å². The van der Waals surface area contributed by atoms with Gasteiger partial charge in [-0.05, 0) is 44.0 Å². The highest BCUT2D eigenvalue weighted by Gasteiger charge is 2.29. The predicted octanol–water partition coefficient (Wildman–Crippen LogP) is 3.17. The molecule has 1 N–H and O–H groups in total. The van der Waals surface area contributed by atoms with Crippen LogP contribution in [0, 0.1) is 17.0 Å². The molecule has 10 nitrogen and oxygen atoms in total. The third-order valence-corrected chi connectivity index (χ3v) is 8.08. The van der Waals surface area contributed by atoms with Gasteiger partial charge in [0.15, 0.2) is 0 Å². The first-order valence-electron chi connectivity index (χ1n) is 11.3. The van der Waals surface area contributed by atoms with Crippen molar-refractivity contribution < 1.29 is 22.9 Å². The molecule has 2 aromatic rings. The van der Waals surface area contributed by atoms with Gasteiger partial charge in [-0.25, -0.2) is 8.42 Å². The first kappa shape index (κ1) is 24.1. The molecule has 0 bridgehead atoms. The van der Waals surface area contributed by atoms with E-state index in [9.17, 15) is 23.3 Å². The van der Waals surface area contributed by atoms with Crippen molar-refractivity contribution in [2.75, 3.05) is 49.6 Å². The Morgan fingerprint density at radius 2 is 1.74 bits per heavy atom. The van der Waals surface area contributed by atoms with Gasteiger partial charge in [-0.3, -0.25) is 14.9 Å². The van der Waals surface area contributed by atoms with Crippen molar-refractivity contribution in [2.24, 2.45) is 0 Å². The van der Waals surface area contributed by atoms with Crippen molar-refractivity contribution in [3.05, 3.63) is 57.6 Å². The van der Waals surface area contributed by atoms with Crippen LogP contribution in [0.15, 0.2) is 41.3 Å². The van der Waals surface area contributed by atoms with Crippen molar-refractivity contribution in [1.29, 1.82) is 0 Å². The molecule has 2 aromatic carbocycles. The lowest BCUT2D eigenvalue weighted by Crippen LogP contribution is -2.38. The molecule has 0 atom stereocenters. The lowest BCUT2D eigenvalue weighted by molar-refractivity contribution is -0.385. The van der Waals surface area contributed by atoms with Gasteiger partial charge in [0.25, 0.3) is 11.6 Å². The zero-order chi connectivity index (χ0) is 24.3. The van der Waals surface area contributed by atoms with E-state index in [1.165, 1.54) is 16.4 Å². The van der Waals surface area contributed by atoms with Crippen LogP contribution in [0.3, 0.4) is 0 Å². The maximum absolute atomic E-state index is 13.4. The molecule has 2 aliphatic heterocycles. The highest BCUT2D eigenvalue weighted by atomic mass is 32.2. The Labute approximate surface area is 198 Å². The van der Waals surface area contributed by atoms with Crippen LogP contribution in [0.4, 0.5) is 17.1 Å². The number of anilines is 2. The summed E-state index contributed by atoms with van der Waals surface area (Å²) in [5.74, 6) is -0.532. The Balaban J connectivity index is 1.70. The lowest BCUT2D eigenvalue weighted by atomic mass is 10.1. The Kier molecular flexibility index (Phi) is 7.15. The van der Waals surface area contributed by atoms with Crippen LogP contribution in [-0.4, -0.2) is 62.9 Å². The van der Waals surface area contributed by atoms with Gasteiger partial charge in [0, 0.05) is 49.2 Å². The number of rotatable bonds is 6. The molecule has 2 fully saturated rings. The minimum Gasteiger partial charge on any atom is -0.378 e. The smallest absolute Gasteiger partial charge is 0.274 e. The summed E-state index contributed by atoms with van der Waals surface area (Å²) in [4.78, 5) is 26.2. The number of nitrogens with one attached hydrogen (secondary N) is 1. The van der Waals surface area contributed by atoms with Crippen molar-refractivity contribution in [2.45, 2.75) is 31.1 Å². The molecule has 182 valence electrons. The second kappa shape index (κ2) is 10.1. The number of aryl methyl sites for hydroxylation is 1. The number of hydrogen-bond acceptors (Lipinski definition) is 7. The van der Waals surface area contributed by atoms with Crippen molar-refractivity contribution in [1.82, 2.24) is 4.31 Å². The van der Waals surface area contributed by atoms with Crippen LogP contribution >= 0.6 is 0 Å². The van der Waals surface area contributed by atoms with Crippen LogP contribution in [0.25, 0.3) is 0 Å². The van der Waals surface area contributed by atoms with Gasteiger partial charge < -0.3 is 15.0 Å². The Hall–Kier alpha value is -3.02. The first-order chi connectivity index (χ1) is 16.3. The number of morpholine rings is 1. The van der Waals surface area contributed by atoms with Gasteiger partial charge >= 0.3 is 0 Å². The summed E-state index contributed by atoms with van der Waals surface area (Å²) < 4.78 is 33.4. The molecule has 2 heterocycles. The number of hydrogen-bond donors (Lipinski definition) is 1. The highest BCUT2D eigenvalue weighted by molar-refractivity contribution is 7.89. The first-order valence-corrected chi connectivity index (χ1v) is 12.7. The minimum absolute atomic E-state index is 0.0615. The number of ether oxygens (including phenoxy) is 1. The maximum atomic E-state index is 13.4. The fourth-order valence-corrected chi connectivity index (χ4v) is 5.82. The molecule has 2 saturated heterocycles. The lowest BCUT2D eigenvalue weighted by Gasteiger charge is -2.31. The van der Waals surface area contributed by atoms with Gasteiger partial charge in [0.2, 0.25) is 10.0 Å². The molecular weight excluding hydrogens is 460 g/mol. The number of benzene rings is 2. The van der Waals surface area contributed by atoms with Crippen LogP contribution < -0.4 is 10.2 Å². The average Bonchev–Trinajstić information content (AvgIpc) is 2.85. The Morgan fingerprint density at radius 1 is 1.03 bits per heavy atom. The van der Waals surface area contributed by atoms with Crippen molar-refractivity contribution in [3.63, 3.8) is 0 Å². The zero-order valence-electron chi connectivity index (χ0n) is 19.0. The van der Waals surface area contributed by atoms with E-state index in [0.717, 1.165) is 19.3 Å². The van der Waals surface area contributed by atoms with Crippen molar-refractivity contribution >= 4 is 33.0 Å². The number of amides is 1. The standard InChI is InChI=1S/C23H28N4O6S/c1-17-5-6-18(15-22(17)27(29)30)24-23(28)20-16-19(34(31,32)26-9-3-2-4-10-26)7-8-21(20)25-11-13-33-14-12-25/h5-8,15-16H,2-4,9-14H2,1H3,(H,24,28). The number of sulfonamides is 1. The third-order valence-electron chi connectivity index (χ3n) is 6.18. The molecule has 11 heteroatoms. The minimum atomic E-state index is -3.74. The topological polar surface area (TPSA) is 122 Å². The monoisotopic (exact) mass is 488 g/mol. The fourth-order valence-electron chi connectivity index (χ4n) is 4.27. The van der Waals surface area contributed by atoms with E-state index in [-0.39, 0.29) is 21.8 Å². The number of piperidine rings is 1. The molecule has 4 rings (SSSR count). The zero-order valence-corrected chi connectivity index (χ0v) is 19.8. The van der Waals surface area contributed by atoms with E-state index >= 15 is 0 Å². The second-order valence-corrected chi connectivity index (χ2v) is 10.4. The van der Waals surface area contributed by atoms with Gasteiger partial charge in [-0.2, -0.15) is 4.31 Å². The molecule has 1 amide bonds. The summed E-state index contributed by atoms with van der Waals surface area (Å²) >= 11 is 0. The summed E-state index contributed by atoms with van der Waals surface area (Å²) in [6, 6.07) is 9.07. The van der Waals surface area contributed by atoms with E-state index in [4.69, 9.17) is 4.74 Å². The van der Waals surface area contributed by atoms with E-state index < -0.39 is 20.9 Å². The van der Waals surface area contributed by atoms with E-state index in [0.29, 0.717) is 50.6 Å². The van der Waals surface area contributed by atoms with Crippen LogP contribution in [0.2, 0.25) is 0 Å². The number of nitrogens with zero attached hydrogens (tertiary/aromatic N) is 3. The summed E-state index contributed by atoms with van der Waals surface area (Å²) in [6.45, 7) is 4.67. The molecule has 0 unspecified atom stereocenters. The van der Waals surface area contributed by atoms with Crippen molar-refractivity contribution in [3.8, 4) is 0 Å². The molecule has 0 saturated carbocycles. The largest absolute Gasteiger partial charge is 0.378 e. The number of nitro benzene ring substituents is 1. The van der Waals surface area contributed by atoms with Crippen LogP contribution in [-0.2, 0) is 14.8 Å². The van der Waals surface area contributed by atoms with E-state index in [1.54, 1.807) is 31.2 Å². The summed E-state index contributed by atoms with van der Waals surface area (Å²) in [7, 11) is -3.74. The summed E-state index contributed by atoms with van der Waals surface area (Å²) in [5, 5.41) is 14.0. The SMILES string of the molecule is Cc1ccc(NC(=O)c2cc(S(=O)(=O)N3CCCCC3)ccc2N2CCOCC2)cc1[N+](=O)[O-]. The second-order valence-electron chi connectivity index (χ2n) is 8.46. The maximum Gasteiger partial charge on any atom is 0.274 e. The third kappa shape index (κ3) is 5.06. The molecule has 34 heavy (non-hydrogen) atoms. The fraction of sp³-hybridized carbons (Fsp3) is 0.435. The number of carbonyl (C=O) groups excluding carboxylic acids is 1. The Bertz CT molecular complexity index is 1190. The highest BCUT2D eigenvalue weighted by Crippen LogP contribution is 2.29.